The number of ether oxygens (including phenoxy) is 1. The first-order valence-corrected chi connectivity index (χ1v) is 10.8. The van der Waals surface area contributed by atoms with Crippen LogP contribution in [-0.4, -0.2) is 52.6 Å². The highest BCUT2D eigenvalue weighted by Crippen LogP contribution is 2.18. The Balaban J connectivity index is 1.57. The van der Waals surface area contributed by atoms with E-state index in [2.05, 4.69) is 76.9 Å². The van der Waals surface area contributed by atoms with E-state index >= 15 is 0 Å². The summed E-state index contributed by atoms with van der Waals surface area (Å²) in [6.07, 6.45) is 0. The van der Waals surface area contributed by atoms with E-state index in [0.29, 0.717) is 13.2 Å². The molecule has 0 amide bonds. The second-order valence-corrected chi connectivity index (χ2v) is 8.26. The summed E-state index contributed by atoms with van der Waals surface area (Å²) in [5, 5.41) is 4.93. The predicted octanol–water partition coefficient (Wildman–Crippen LogP) is 3.70. The normalized spacial score (nSPS) is 14.4. The predicted molar refractivity (Wildman–Crippen MR) is 122 cm³/mol. The van der Waals surface area contributed by atoms with Gasteiger partial charge in [0.15, 0.2) is 0 Å². The van der Waals surface area contributed by atoms with Gasteiger partial charge in [-0.15, -0.1) is 5.10 Å². The summed E-state index contributed by atoms with van der Waals surface area (Å²) < 4.78 is 10.4. The van der Waals surface area contributed by atoms with Gasteiger partial charge in [0, 0.05) is 19.6 Å². The highest BCUT2D eigenvalue weighted by atomic mass is 32.1. The van der Waals surface area contributed by atoms with Crippen molar-refractivity contribution in [2.45, 2.75) is 26.7 Å². The molecule has 1 saturated heterocycles. The third-order valence-corrected chi connectivity index (χ3v) is 5.76. The van der Waals surface area contributed by atoms with E-state index in [1.165, 1.54) is 16.7 Å². The van der Waals surface area contributed by atoms with Gasteiger partial charge in [-0.05, 0) is 37.3 Å². The fourth-order valence-electron chi connectivity index (χ4n) is 3.71. The average Bonchev–Trinajstić information content (AvgIpc) is 3.06. The van der Waals surface area contributed by atoms with Crippen LogP contribution >= 0.6 is 12.2 Å². The third kappa shape index (κ3) is 4.98. The van der Waals surface area contributed by atoms with E-state index in [1.54, 1.807) is 0 Å². The summed E-state index contributed by atoms with van der Waals surface area (Å²) in [5.41, 5.74) is 3.78. The van der Waals surface area contributed by atoms with Gasteiger partial charge in [0.25, 0.3) is 0 Å². The van der Waals surface area contributed by atoms with Gasteiger partial charge in [-0.25, -0.2) is 4.68 Å². The van der Waals surface area contributed by atoms with Crippen LogP contribution in [0.1, 0.15) is 16.7 Å². The van der Waals surface area contributed by atoms with E-state index in [1.807, 2.05) is 10.7 Å². The van der Waals surface area contributed by atoms with Crippen molar-refractivity contribution in [2.75, 3.05) is 38.3 Å². The minimum absolute atomic E-state index is 0.645. The molecule has 30 heavy (non-hydrogen) atoms. The number of aryl methyl sites for hydroxylation is 1. The van der Waals surface area contributed by atoms with E-state index in [-0.39, 0.29) is 0 Å². The Morgan fingerprint density at radius 3 is 2.40 bits per heavy atom. The van der Waals surface area contributed by atoms with E-state index in [9.17, 15) is 0 Å². The van der Waals surface area contributed by atoms with E-state index in [4.69, 9.17) is 22.1 Å². The number of aromatic nitrogens is 3. The fourth-order valence-corrected chi connectivity index (χ4v) is 3.95. The lowest BCUT2D eigenvalue weighted by atomic mass is 10.1. The molecule has 2 heterocycles. The number of rotatable bonds is 7. The quantitative estimate of drug-likeness (QED) is 0.542. The molecule has 2 aromatic carbocycles. The first-order chi connectivity index (χ1) is 14.6. The summed E-state index contributed by atoms with van der Waals surface area (Å²) in [4.78, 5) is 4.52. The van der Waals surface area contributed by atoms with Crippen molar-refractivity contribution in [2.24, 2.45) is 0 Å². The Hall–Kier alpha value is -2.48. The molecule has 1 aromatic heterocycles. The maximum absolute atomic E-state index is 5.86. The first kappa shape index (κ1) is 20.8. The smallest absolute Gasteiger partial charge is 0.226 e. The van der Waals surface area contributed by atoms with Gasteiger partial charge in [0.2, 0.25) is 10.7 Å². The Bertz CT molecular complexity index is 1010. The van der Waals surface area contributed by atoms with Crippen molar-refractivity contribution in [3.8, 4) is 0 Å². The topological polar surface area (TPSA) is 38.5 Å². The van der Waals surface area contributed by atoms with E-state index in [0.717, 1.165) is 43.6 Å². The molecule has 0 aliphatic carbocycles. The van der Waals surface area contributed by atoms with Crippen LogP contribution in [0.15, 0.2) is 54.6 Å². The molecular formula is C23H29N5OS. The van der Waals surface area contributed by atoms with Crippen LogP contribution in [0, 0.1) is 11.7 Å². The average molecular weight is 424 g/mol. The molecule has 0 spiro atoms. The van der Waals surface area contributed by atoms with Crippen LogP contribution in [0.2, 0.25) is 0 Å². The summed E-state index contributed by atoms with van der Waals surface area (Å²) in [5.74, 6) is 0.927. The van der Waals surface area contributed by atoms with Gasteiger partial charge in [0.1, 0.15) is 0 Å². The minimum Gasteiger partial charge on any atom is -0.378 e. The molecule has 3 aromatic rings. The second-order valence-electron chi connectivity index (χ2n) is 7.89. The zero-order valence-electron chi connectivity index (χ0n) is 17.7. The number of anilines is 1. The zero-order chi connectivity index (χ0) is 20.9. The summed E-state index contributed by atoms with van der Waals surface area (Å²) in [6, 6.07) is 19.1. The molecule has 1 aliphatic heterocycles. The van der Waals surface area contributed by atoms with E-state index < -0.39 is 0 Å². The number of hydrogen-bond donors (Lipinski definition) is 0. The molecule has 0 atom stereocenters. The van der Waals surface area contributed by atoms with Gasteiger partial charge < -0.3 is 9.64 Å². The van der Waals surface area contributed by atoms with Crippen LogP contribution in [0.25, 0.3) is 0 Å². The summed E-state index contributed by atoms with van der Waals surface area (Å²) in [6.45, 7) is 7.43. The Morgan fingerprint density at radius 1 is 1.00 bits per heavy atom. The molecule has 1 fully saturated rings. The van der Waals surface area contributed by atoms with Gasteiger partial charge in [-0.1, -0.05) is 60.2 Å². The van der Waals surface area contributed by atoms with Crippen LogP contribution in [-0.2, 0) is 24.5 Å². The molecule has 0 N–H and O–H groups in total. The molecule has 6 nitrogen and oxygen atoms in total. The maximum Gasteiger partial charge on any atom is 0.226 e. The molecule has 0 saturated carbocycles. The van der Waals surface area contributed by atoms with Gasteiger partial charge in [-0.3, -0.25) is 9.47 Å². The number of morpholine rings is 1. The largest absolute Gasteiger partial charge is 0.378 e. The SMILES string of the molecule is Cc1ccc(CN(C)Cn2nc(N3CCOCC3)n(Cc3ccccc3)c2=S)cc1. The second kappa shape index (κ2) is 9.55. The molecule has 0 unspecified atom stereocenters. The van der Waals surface area contributed by atoms with Crippen molar-refractivity contribution in [3.05, 3.63) is 76.1 Å². The van der Waals surface area contributed by atoms with Gasteiger partial charge in [-0.2, -0.15) is 0 Å². The maximum atomic E-state index is 5.86. The van der Waals surface area contributed by atoms with Crippen LogP contribution in [0.4, 0.5) is 5.95 Å². The molecule has 0 radical (unpaired) electrons. The number of benzene rings is 2. The van der Waals surface area contributed by atoms with Crippen molar-refractivity contribution in [1.82, 2.24) is 19.2 Å². The zero-order valence-corrected chi connectivity index (χ0v) is 18.5. The Kier molecular flexibility index (Phi) is 6.62. The molecule has 1 aliphatic rings. The standard InChI is InChI=1S/C23H29N5OS/c1-19-8-10-21(11-9-19)16-25(2)18-28-23(30)27(17-20-6-4-3-5-7-20)22(24-28)26-12-14-29-15-13-26/h3-11H,12-18H2,1-2H3. The fraction of sp³-hybridized carbons (Fsp3) is 0.391. The molecular weight excluding hydrogens is 394 g/mol. The van der Waals surface area contributed by atoms with Gasteiger partial charge in [0.05, 0.1) is 26.4 Å². The minimum atomic E-state index is 0.645. The number of hydrogen-bond acceptors (Lipinski definition) is 5. The summed E-state index contributed by atoms with van der Waals surface area (Å²) >= 11 is 5.86. The lowest BCUT2D eigenvalue weighted by Gasteiger charge is -2.27. The van der Waals surface area contributed by atoms with Crippen molar-refractivity contribution in [3.63, 3.8) is 0 Å². The number of nitrogens with zero attached hydrogens (tertiary/aromatic N) is 5. The molecule has 4 rings (SSSR count). The van der Waals surface area contributed by atoms with Gasteiger partial charge >= 0.3 is 0 Å². The third-order valence-electron chi connectivity index (χ3n) is 5.33. The molecule has 0 bridgehead atoms. The Morgan fingerprint density at radius 2 is 1.70 bits per heavy atom. The lowest BCUT2D eigenvalue weighted by Crippen LogP contribution is -2.38. The van der Waals surface area contributed by atoms with Crippen molar-refractivity contribution in [1.29, 1.82) is 0 Å². The van der Waals surface area contributed by atoms with Crippen LogP contribution in [0.3, 0.4) is 0 Å². The van der Waals surface area contributed by atoms with Crippen molar-refractivity contribution < 1.29 is 4.74 Å². The molecule has 7 heteroatoms. The highest BCUT2D eigenvalue weighted by Gasteiger charge is 2.20. The first-order valence-electron chi connectivity index (χ1n) is 10.4. The Labute approximate surface area is 183 Å². The highest BCUT2D eigenvalue weighted by molar-refractivity contribution is 7.71. The monoisotopic (exact) mass is 423 g/mol. The van der Waals surface area contributed by atoms with Crippen molar-refractivity contribution >= 4 is 18.2 Å². The summed E-state index contributed by atoms with van der Waals surface area (Å²) in [7, 11) is 2.10. The lowest BCUT2D eigenvalue weighted by molar-refractivity contribution is 0.121. The molecule has 158 valence electrons. The van der Waals surface area contributed by atoms with Crippen LogP contribution < -0.4 is 4.90 Å². The van der Waals surface area contributed by atoms with Crippen LogP contribution in [0.5, 0.6) is 0 Å².